The van der Waals surface area contributed by atoms with E-state index in [-0.39, 0.29) is 12.4 Å². The van der Waals surface area contributed by atoms with E-state index < -0.39 is 0 Å². The highest BCUT2D eigenvalue weighted by Crippen LogP contribution is 2.40. The van der Waals surface area contributed by atoms with E-state index in [0.29, 0.717) is 0 Å². The second kappa shape index (κ2) is 7.12. The van der Waals surface area contributed by atoms with E-state index in [1.54, 1.807) is 11.3 Å². The monoisotopic (exact) mass is 338 g/mol. The van der Waals surface area contributed by atoms with Crippen molar-refractivity contribution in [1.29, 1.82) is 0 Å². The summed E-state index contributed by atoms with van der Waals surface area (Å²) >= 11 is 8.14. The molecule has 0 amide bonds. The zero-order valence-electron chi connectivity index (χ0n) is 11.6. The van der Waals surface area contributed by atoms with Crippen LogP contribution in [0.3, 0.4) is 0 Å². The Kier molecular flexibility index (Phi) is 5.45. The van der Waals surface area contributed by atoms with Crippen molar-refractivity contribution in [2.75, 3.05) is 11.4 Å². The van der Waals surface area contributed by atoms with Gasteiger partial charge in [0.25, 0.3) is 0 Å². The molecule has 3 rings (SSSR count). The summed E-state index contributed by atoms with van der Waals surface area (Å²) in [6.07, 6.45) is 4.73. The van der Waals surface area contributed by atoms with Gasteiger partial charge in [-0.05, 0) is 30.7 Å². The highest BCUT2D eigenvalue weighted by Gasteiger charge is 2.15. The molecule has 110 valence electrons. The van der Waals surface area contributed by atoms with Gasteiger partial charge in [0.2, 0.25) is 0 Å². The lowest BCUT2D eigenvalue weighted by atomic mass is 10.2. The van der Waals surface area contributed by atoms with E-state index in [1.165, 1.54) is 10.4 Å². The van der Waals surface area contributed by atoms with Crippen LogP contribution in [0.2, 0.25) is 5.02 Å². The predicted molar refractivity (Wildman–Crippen MR) is 95.6 cm³/mol. The van der Waals surface area contributed by atoms with Crippen LogP contribution in [0.1, 0.15) is 13.3 Å². The molecule has 0 radical (unpaired) electrons. The van der Waals surface area contributed by atoms with Crippen molar-refractivity contribution in [2.24, 2.45) is 0 Å². The normalized spacial score (nSPS) is 10.4. The Labute approximate surface area is 139 Å². The van der Waals surface area contributed by atoms with Gasteiger partial charge in [0, 0.05) is 40.1 Å². The van der Waals surface area contributed by atoms with Crippen molar-refractivity contribution in [2.45, 2.75) is 13.3 Å². The summed E-state index contributed by atoms with van der Waals surface area (Å²) in [5, 5.41) is 4.14. The Morgan fingerprint density at radius 1 is 1.19 bits per heavy atom. The van der Waals surface area contributed by atoms with Crippen LogP contribution in [0.15, 0.2) is 48.1 Å². The van der Waals surface area contributed by atoms with Gasteiger partial charge in [0.15, 0.2) is 0 Å². The lowest BCUT2D eigenvalue weighted by molar-refractivity contribution is 0.888. The van der Waals surface area contributed by atoms with Crippen molar-refractivity contribution in [1.82, 2.24) is 4.98 Å². The lowest BCUT2D eigenvalue weighted by Gasteiger charge is -2.24. The number of rotatable bonds is 4. The predicted octanol–water partition coefficient (Wildman–Crippen LogP) is 5.92. The Bertz CT molecular complexity index is 713. The maximum absolute atomic E-state index is 6.40. The van der Waals surface area contributed by atoms with Gasteiger partial charge in [-0.25, -0.2) is 0 Å². The molecule has 0 atom stereocenters. The fourth-order valence-electron chi connectivity index (χ4n) is 2.36. The first-order valence-electron chi connectivity index (χ1n) is 6.64. The molecule has 0 unspecified atom stereocenters. The third-order valence-corrected chi connectivity index (χ3v) is 4.49. The lowest BCUT2D eigenvalue weighted by Crippen LogP contribution is -2.17. The van der Waals surface area contributed by atoms with Gasteiger partial charge in [-0.1, -0.05) is 24.6 Å². The maximum Gasteiger partial charge on any atom is 0.0614 e. The van der Waals surface area contributed by atoms with Crippen molar-refractivity contribution >= 4 is 56.8 Å². The fourth-order valence-corrected chi connectivity index (χ4v) is 3.66. The van der Waals surface area contributed by atoms with Gasteiger partial charge in [0.05, 0.1) is 10.7 Å². The number of hydrogen-bond acceptors (Lipinski definition) is 3. The summed E-state index contributed by atoms with van der Waals surface area (Å²) in [5.41, 5.74) is 2.34. The quantitative estimate of drug-likeness (QED) is 0.586. The van der Waals surface area contributed by atoms with Crippen LogP contribution in [0, 0.1) is 0 Å². The Morgan fingerprint density at radius 3 is 2.67 bits per heavy atom. The van der Waals surface area contributed by atoms with E-state index in [9.17, 15) is 0 Å². The summed E-state index contributed by atoms with van der Waals surface area (Å²) < 4.78 is 1.22. The molecule has 0 bridgehead atoms. The van der Waals surface area contributed by atoms with E-state index in [1.807, 2.05) is 36.7 Å². The zero-order chi connectivity index (χ0) is 13.9. The summed E-state index contributed by atoms with van der Waals surface area (Å²) in [5.74, 6) is 0. The van der Waals surface area contributed by atoms with Gasteiger partial charge in [0.1, 0.15) is 0 Å². The molecule has 0 saturated carbocycles. The Hall–Kier alpha value is -1.29. The van der Waals surface area contributed by atoms with Crippen molar-refractivity contribution in [3.8, 4) is 0 Å². The molecule has 1 aromatic carbocycles. The molecule has 0 aliphatic rings. The number of thiophene rings is 1. The average molecular weight is 339 g/mol. The number of halogens is 2. The molecule has 21 heavy (non-hydrogen) atoms. The minimum atomic E-state index is 0. The van der Waals surface area contributed by atoms with Crippen LogP contribution >= 0.6 is 35.3 Å². The van der Waals surface area contributed by atoms with E-state index in [0.717, 1.165) is 29.1 Å². The number of pyridine rings is 1. The largest absolute Gasteiger partial charge is 0.340 e. The molecular weight excluding hydrogens is 323 g/mol. The minimum absolute atomic E-state index is 0. The fraction of sp³-hybridized carbons (Fsp3) is 0.188. The zero-order valence-corrected chi connectivity index (χ0v) is 14.0. The van der Waals surface area contributed by atoms with Crippen molar-refractivity contribution in [3.05, 3.63) is 53.1 Å². The number of nitrogens with zero attached hydrogens (tertiary/aromatic N) is 2. The van der Waals surface area contributed by atoms with Crippen molar-refractivity contribution in [3.63, 3.8) is 0 Å². The highest BCUT2D eigenvalue weighted by atomic mass is 35.5. The molecule has 0 spiro atoms. The molecule has 3 aromatic rings. The molecule has 0 N–H and O–H groups in total. The van der Waals surface area contributed by atoms with Crippen LogP contribution < -0.4 is 4.90 Å². The Balaban J connectivity index is 0.00000161. The molecule has 0 aliphatic heterocycles. The molecule has 2 nitrogen and oxygen atoms in total. The molecule has 2 heterocycles. The molecule has 0 saturated heterocycles. The van der Waals surface area contributed by atoms with Crippen LogP contribution in [0.4, 0.5) is 11.4 Å². The van der Waals surface area contributed by atoms with Crippen LogP contribution in [-0.2, 0) is 0 Å². The average Bonchev–Trinajstić information content (AvgIpc) is 2.91. The van der Waals surface area contributed by atoms with Crippen LogP contribution in [-0.4, -0.2) is 11.5 Å². The summed E-state index contributed by atoms with van der Waals surface area (Å²) in [6, 6.07) is 10.1. The molecule has 5 heteroatoms. The van der Waals surface area contributed by atoms with Crippen molar-refractivity contribution < 1.29 is 0 Å². The van der Waals surface area contributed by atoms with E-state index in [4.69, 9.17) is 11.6 Å². The third-order valence-electron chi connectivity index (χ3n) is 3.24. The van der Waals surface area contributed by atoms with Gasteiger partial charge in [-0.3, -0.25) is 4.98 Å². The minimum Gasteiger partial charge on any atom is -0.340 e. The SMILES string of the molecule is CCCN(c1ccncc1)c1csc2cccc(Cl)c12.Cl. The summed E-state index contributed by atoms with van der Waals surface area (Å²) in [4.78, 5) is 6.41. The Morgan fingerprint density at radius 2 is 1.95 bits per heavy atom. The number of hydrogen-bond donors (Lipinski definition) is 0. The van der Waals surface area contributed by atoms with Crippen LogP contribution in [0.25, 0.3) is 10.1 Å². The first-order valence-corrected chi connectivity index (χ1v) is 7.90. The summed E-state index contributed by atoms with van der Waals surface area (Å²) in [6.45, 7) is 3.14. The second-order valence-corrected chi connectivity index (χ2v) is 5.91. The van der Waals surface area contributed by atoms with Gasteiger partial charge in [-0.15, -0.1) is 23.7 Å². The second-order valence-electron chi connectivity index (χ2n) is 4.59. The van der Waals surface area contributed by atoms with Crippen LogP contribution in [0.5, 0.6) is 0 Å². The van der Waals surface area contributed by atoms with Gasteiger partial charge < -0.3 is 4.90 Å². The van der Waals surface area contributed by atoms with E-state index in [2.05, 4.69) is 28.3 Å². The van der Waals surface area contributed by atoms with E-state index >= 15 is 0 Å². The highest BCUT2D eigenvalue weighted by molar-refractivity contribution is 7.18. The topological polar surface area (TPSA) is 16.1 Å². The summed E-state index contributed by atoms with van der Waals surface area (Å²) in [7, 11) is 0. The first-order chi connectivity index (χ1) is 9.81. The maximum atomic E-state index is 6.40. The third kappa shape index (κ3) is 3.15. The first kappa shape index (κ1) is 16.1. The van der Waals surface area contributed by atoms with Gasteiger partial charge in [-0.2, -0.15) is 0 Å². The molecular formula is C16H16Cl2N2S. The number of anilines is 2. The smallest absolute Gasteiger partial charge is 0.0614 e. The standard InChI is InChI=1S/C16H15ClN2S.ClH/c1-2-10-19(12-6-8-18-9-7-12)14-11-20-15-5-3-4-13(17)16(14)15;/h3-9,11H,2,10H2,1H3;1H. The molecule has 0 fully saturated rings. The molecule has 2 aromatic heterocycles. The number of benzene rings is 1. The molecule has 0 aliphatic carbocycles. The van der Waals surface area contributed by atoms with Gasteiger partial charge >= 0.3 is 0 Å². The number of aromatic nitrogens is 1. The number of fused-ring (bicyclic) bond motifs is 1.